The van der Waals surface area contributed by atoms with Crippen LogP contribution in [-0.4, -0.2) is 25.9 Å². The normalized spacial score (nSPS) is 15.1. The molecular weight excluding hydrogens is 479 g/mol. The van der Waals surface area contributed by atoms with Gasteiger partial charge in [-0.2, -0.15) is 0 Å². The Hall–Kier alpha value is -2.78. The SMILES string of the molecule is C1=CCCC(N[C](Nc2ccccc2)=[In][c]2c3c(cc4ccccc24)C=CC=CC3)=C1. The van der Waals surface area contributed by atoms with Gasteiger partial charge < -0.3 is 0 Å². The van der Waals surface area contributed by atoms with Crippen LogP contribution in [0.4, 0.5) is 5.69 Å². The van der Waals surface area contributed by atoms with E-state index in [0.717, 1.165) is 24.9 Å². The van der Waals surface area contributed by atoms with Crippen LogP contribution in [0.5, 0.6) is 0 Å². The molecule has 0 saturated heterocycles. The van der Waals surface area contributed by atoms with E-state index in [9.17, 15) is 0 Å². The first kappa shape index (κ1) is 20.1. The molecule has 3 aromatic rings. The topological polar surface area (TPSA) is 24.1 Å². The number of anilines is 1. The van der Waals surface area contributed by atoms with Gasteiger partial charge in [0.25, 0.3) is 0 Å². The van der Waals surface area contributed by atoms with Crippen LogP contribution in [0.25, 0.3) is 16.8 Å². The number of fused-ring (bicyclic) bond motifs is 2. The van der Waals surface area contributed by atoms with Crippen molar-refractivity contribution in [1.82, 2.24) is 5.32 Å². The number of hydrogen-bond donors (Lipinski definition) is 2. The third-order valence-electron chi connectivity index (χ3n) is 5.73. The van der Waals surface area contributed by atoms with Crippen molar-refractivity contribution in [3.63, 3.8) is 0 Å². The summed E-state index contributed by atoms with van der Waals surface area (Å²) in [6, 6.07) is 21.8. The first-order valence-corrected chi connectivity index (χ1v) is 14.2. The predicted molar refractivity (Wildman–Crippen MR) is 136 cm³/mol. The summed E-state index contributed by atoms with van der Waals surface area (Å²) < 4.78 is 2.89. The summed E-state index contributed by atoms with van der Waals surface area (Å²) >= 11 is -1.39. The van der Waals surface area contributed by atoms with Crippen molar-refractivity contribution in [3.05, 3.63) is 114 Å². The maximum atomic E-state index is 3.80. The molecule has 0 unspecified atom stereocenters. The maximum absolute atomic E-state index is 3.80. The number of rotatable bonds is 5. The molecule has 0 aromatic heterocycles. The van der Waals surface area contributed by atoms with Crippen LogP contribution in [0.1, 0.15) is 24.0 Å². The van der Waals surface area contributed by atoms with Crippen LogP contribution < -0.4 is 14.0 Å². The Morgan fingerprint density at radius 1 is 0.839 bits per heavy atom. The third kappa shape index (κ3) is 4.77. The fraction of sp³-hybridized carbons (Fsp3) is 0.107. The number of allylic oxidation sites excluding steroid dienone is 7. The van der Waals surface area contributed by atoms with Crippen molar-refractivity contribution >= 4 is 51.8 Å². The van der Waals surface area contributed by atoms with Crippen molar-refractivity contribution in [2.45, 2.75) is 19.3 Å². The number of nitrogens with one attached hydrogen (secondary N) is 2. The first-order valence-electron chi connectivity index (χ1n) is 10.9. The van der Waals surface area contributed by atoms with Crippen LogP contribution in [0.2, 0.25) is 0 Å². The summed E-state index contributed by atoms with van der Waals surface area (Å²) in [6.07, 6.45) is 18.7. The molecule has 0 saturated carbocycles. The van der Waals surface area contributed by atoms with Crippen molar-refractivity contribution in [2.75, 3.05) is 5.32 Å². The van der Waals surface area contributed by atoms with E-state index in [1.54, 1.807) is 3.32 Å². The summed E-state index contributed by atoms with van der Waals surface area (Å²) in [5.74, 6) is 0. The molecule has 5 rings (SSSR count). The van der Waals surface area contributed by atoms with Crippen molar-refractivity contribution in [3.8, 4) is 0 Å². The Balaban J connectivity index is 1.65. The minimum atomic E-state index is -1.39. The molecule has 3 heteroatoms. The second kappa shape index (κ2) is 9.57. The monoisotopic (exact) mass is 504 g/mol. The molecule has 0 heterocycles. The Kier molecular flexibility index (Phi) is 6.22. The standard InChI is InChI=1S/C15H11.C13H14N2.In/c1-2-6-12-10-14-8-4-5-9-15(14)11-13(12)7-3-1;1-3-7-12(8-4-1)14-11-15-13-9-5-2-6-10-13;/h1-6,8-10H,7H2;1-5,7-9,14-15H,6,10H2;. The van der Waals surface area contributed by atoms with E-state index in [1.165, 1.54) is 31.1 Å². The molecule has 0 radical (unpaired) electrons. The molecule has 2 N–H and O–H groups in total. The van der Waals surface area contributed by atoms with Gasteiger partial charge >= 0.3 is 196 Å². The van der Waals surface area contributed by atoms with E-state index in [0.29, 0.717) is 0 Å². The summed E-state index contributed by atoms with van der Waals surface area (Å²) in [5.41, 5.74) is 5.31. The van der Waals surface area contributed by atoms with Gasteiger partial charge in [-0.1, -0.05) is 0 Å². The number of benzene rings is 3. The van der Waals surface area contributed by atoms with Crippen LogP contribution in [0.15, 0.2) is 103 Å². The van der Waals surface area contributed by atoms with E-state index in [-0.39, 0.29) is 0 Å². The van der Waals surface area contributed by atoms with Gasteiger partial charge in [0, 0.05) is 0 Å². The van der Waals surface area contributed by atoms with E-state index >= 15 is 0 Å². The zero-order valence-electron chi connectivity index (χ0n) is 17.5. The minimum absolute atomic E-state index is 0.998. The summed E-state index contributed by atoms with van der Waals surface area (Å²) in [5, 5.41) is 10.3. The molecule has 0 fully saturated rings. The van der Waals surface area contributed by atoms with Crippen LogP contribution >= 0.6 is 0 Å². The zero-order valence-corrected chi connectivity index (χ0v) is 20.8. The van der Waals surface area contributed by atoms with Gasteiger partial charge in [0.2, 0.25) is 0 Å². The van der Waals surface area contributed by atoms with Gasteiger partial charge in [0.1, 0.15) is 0 Å². The summed E-state index contributed by atoms with van der Waals surface area (Å²) in [4.78, 5) is 0. The zero-order chi connectivity index (χ0) is 20.9. The van der Waals surface area contributed by atoms with Gasteiger partial charge in [0.15, 0.2) is 0 Å². The molecule has 0 bridgehead atoms. The van der Waals surface area contributed by atoms with Gasteiger partial charge in [-0.25, -0.2) is 0 Å². The van der Waals surface area contributed by atoms with Crippen LogP contribution in [-0.2, 0) is 6.42 Å². The number of para-hydroxylation sites is 1. The van der Waals surface area contributed by atoms with Gasteiger partial charge in [0.05, 0.1) is 0 Å². The number of hydrogen-bond acceptors (Lipinski definition) is 2. The molecule has 2 nitrogen and oxygen atoms in total. The molecule has 2 aliphatic carbocycles. The second-order valence-corrected chi connectivity index (χ2v) is 12.0. The predicted octanol–water partition coefficient (Wildman–Crippen LogP) is 5.32. The van der Waals surface area contributed by atoms with Gasteiger partial charge in [-0.15, -0.1) is 0 Å². The van der Waals surface area contributed by atoms with E-state index in [1.807, 2.05) is 0 Å². The average Bonchev–Trinajstić information content (AvgIpc) is 3.06. The first-order chi connectivity index (χ1) is 15.4. The van der Waals surface area contributed by atoms with Crippen LogP contribution in [0, 0.1) is 0 Å². The Labute approximate surface area is 194 Å². The molecule has 150 valence electrons. The molecule has 0 spiro atoms. The quantitative estimate of drug-likeness (QED) is 0.492. The molecule has 0 aliphatic heterocycles. The third-order valence-corrected chi connectivity index (χ3v) is 10.1. The molecule has 0 amide bonds. The van der Waals surface area contributed by atoms with E-state index < -0.39 is 22.4 Å². The fourth-order valence-corrected chi connectivity index (χ4v) is 8.95. The second-order valence-electron chi connectivity index (χ2n) is 7.90. The Bertz CT molecular complexity index is 1250. The molecular formula is C28H25InN2. The van der Waals surface area contributed by atoms with Gasteiger partial charge in [-0.05, 0) is 0 Å². The molecule has 0 atom stereocenters. The molecule has 3 aromatic carbocycles. The van der Waals surface area contributed by atoms with Gasteiger partial charge in [-0.3, -0.25) is 0 Å². The molecule has 2 aliphatic rings. The Morgan fingerprint density at radius 3 is 2.58 bits per heavy atom. The van der Waals surface area contributed by atoms with Crippen molar-refractivity contribution < 1.29 is 0 Å². The van der Waals surface area contributed by atoms with Crippen molar-refractivity contribution in [2.24, 2.45) is 0 Å². The summed E-state index contributed by atoms with van der Waals surface area (Å²) in [7, 11) is 0. The van der Waals surface area contributed by atoms with E-state index in [2.05, 4.69) is 114 Å². The summed E-state index contributed by atoms with van der Waals surface area (Å²) in [6.45, 7) is 0. The fourth-order valence-electron chi connectivity index (χ4n) is 4.21. The van der Waals surface area contributed by atoms with E-state index in [4.69, 9.17) is 0 Å². The molecule has 31 heavy (non-hydrogen) atoms. The van der Waals surface area contributed by atoms with Crippen molar-refractivity contribution in [1.29, 1.82) is 0 Å². The Morgan fingerprint density at radius 2 is 1.71 bits per heavy atom. The average molecular weight is 504 g/mol. The van der Waals surface area contributed by atoms with Crippen LogP contribution in [0.3, 0.4) is 0 Å².